The third-order valence-electron chi connectivity index (χ3n) is 3.30. The van der Waals surface area contributed by atoms with Crippen molar-refractivity contribution in [2.75, 3.05) is 0 Å². The van der Waals surface area contributed by atoms with Gasteiger partial charge in [-0.05, 0) is 31.2 Å². The number of fused-ring (bicyclic) bond motifs is 1. The van der Waals surface area contributed by atoms with Gasteiger partial charge < -0.3 is 6.15 Å². The van der Waals surface area contributed by atoms with Crippen molar-refractivity contribution < 1.29 is 4.79 Å². The molecule has 0 saturated carbocycles. The van der Waals surface area contributed by atoms with E-state index >= 15 is 0 Å². The van der Waals surface area contributed by atoms with Gasteiger partial charge in [0.2, 0.25) is 0 Å². The van der Waals surface area contributed by atoms with Gasteiger partial charge in [-0.3, -0.25) is 4.79 Å². The van der Waals surface area contributed by atoms with Gasteiger partial charge in [0.25, 0.3) is 0 Å². The number of ketones is 1. The fourth-order valence-electron chi connectivity index (χ4n) is 2.52. The topological polar surface area (TPSA) is 52.1 Å². The summed E-state index contributed by atoms with van der Waals surface area (Å²) in [6.45, 7) is 4.31. The molecule has 2 heteroatoms. The number of carbonyl (C=O) groups is 1. The Hall–Kier alpha value is -1.15. The third kappa shape index (κ3) is 2.33. The number of hydrogen-bond acceptors (Lipinski definition) is 2. The molecule has 3 N–H and O–H groups in total. The normalized spacial score (nSPS) is 18.9. The van der Waals surface area contributed by atoms with Crippen molar-refractivity contribution in [2.45, 2.75) is 45.4 Å². The highest BCUT2D eigenvalue weighted by atomic mass is 16.1. The van der Waals surface area contributed by atoms with E-state index in [0.717, 1.165) is 18.4 Å². The monoisotopic (exact) mass is 219 g/mol. The number of rotatable bonds is 2. The highest BCUT2D eigenvalue weighted by Crippen LogP contribution is 2.35. The minimum Gasteiger partial charge on any atom is -0.344 e. The first kappa shape index (κ1) is 12.9. The summed E-state index contributed by atoms with van der Waals surface area (Å²) in [7, 11) is 0. The Labute approximate surface area is 97.6 Å². The van der Waals surface area contributed by atoms with Gasteiger partial charge in [0.05, 0.1) is 0 Å². The van der Waals surface area contributed by atoms with Crippen LogP contribution >= 0.6 is 0 Å². The van der Waals surface area contributed by atoms with Gasteiger partial charge >= 0.3 is 0 Å². The average Bonchev–Trinajstić information content (AvgIpc) is 2.22. The molecule has 0 amide bonds. The smallest absolute Gasteiger partial charge is 0.163 e. The highest BCUT2D eigenvalue weighted by Gasteiger charge is 2.24. The van der Waals surface area contributed by atoms with Gasteiger partial charge in [-0.25, -0.2) is 0 Å². The van der Waals surface area contributed by atoms with Gasteiger partial charge in [0.1, 0.15) is 0 Å². The molecule has 0 saturated heterocycles. The van der Waals surface area contributed by atoms with Crippen molar-refractivity contribution in [2.24, 2.45) is 0 Å². The zero-order valence-electron chi connectivity index (χ0n) is 10.3. The summed E-state index contributed by atoms with van der Waals surface area (Å²) >= 11 is 0. The van der Waals surface area contributed by atoms with Crippen LogP contribution in [-0.2, 0) is 0 Å². The Bertz CT molecular complexity index is 384. The number of hydrogen-bond donors (Lipinski definition) is 1. The number of benzene rings is 1. The molecule has 1 aromatic carbocycles. The minimum atomic E-state index is 0. The lowest BCUT2D eigenvalue weighted by Gasteiger charge is -2.24. The summed E-state index contributed by atoms with van der Waals surface area (Å²) in [5, 5.41) is 0. The third-order valence-corrected chi connectivity index (χ3v) is 3.30. The van der Waals surface area contributed by atoms with Crippen LogP contribution in [0.4, 0.5) is 0 Å². The van der Waals surface area contributed by atoms with E-state index in [9.17, 15) is 4.79 Å². The van der Waals surface area contributed by atoms with Gasteiger partial charge in [-0.2, -0.15) is 0 Å². The summed E-state index contributed by atoms with van der Waals surface area (Å²) in [5.41, 5.74) is 3.54. The van der Waals surface area contributed by atoms with Crippen LogP contribution in [0.2, 0.25) is 0 Å². The maximum Gasteiger partial charge on any atom is 0.163 e. The Morgan fingerprint density at radius 2 is 2.12 bits per heavy atom. The van der Waals surface area contributed by atoms with Crippen LogP contribution in [0.1, 0.15) is 60.0 Å². The first-order chi connectivity index (χ1) is 7.22. The molecule has 16 heavy (non-hydrogen) atoms. The number of aryl methyl sites for hydroxylation is 1. The van der Waals surface area contributed by atoms with Gasteiger partial charge in [0, 0.05) is 12.0 Å². The average molecular weight is 219 g/mol. The first-order valence-corrected chi connectivity index (χ1v) is 5.86. The Balaban J connectivity index is 0.00000128. The van der Waals surface area contributed by atoms with Crippen molar-refractivity contribution in [3.8, 4) is 0 Å². The fraction of sp³-hybridized carbons (Fsp3) is 0.500. The zero-order valence-corrected chi connectivity index (χ0v) is 10.3. The van der Waals surface area contributed by atoms with E-state index in [0.29, 0.717) is 11.7 Å². The van der Waals surface area contributed by atoms with E-state index in [2.05, 4.69) is 19.9 Å². The molecule has 0 bridgehead atoms. The van der Waals surface area contributed by atoms with Gasteiger partial charge in [-0.1, -0.05) is 37.1 Å². The molecule has 1 aliphatic rings. The molecule has 1 atom stereocenters. The largest absolute Gasteiger partial charge is 0.344 e. The maximum atomic E-state index is 11.7. The second-order valence-corrected chi connectivity index (χ2v) is 4.54. The van der Waals surface area contributed by atoms with Crippen molar-refractivity contribution in [1.82, 2.24) is 6.15 Å². The minimum absolute atomic E-state index is 0. The predicted octanol–water partition coefficient (Wildman–Crippen LogP) is 4.02. The molecule has 0 spiro atoms. The summed E-state index contributed by atoms with van der Waals surface area (Å²) in [4.78, 5) is 11.7. The molecule has 2 nitrogen and oxygen atoms in total. The molecule has 0 heterocycles. The molecule has 88 valence electrons. The molecule has 0 aliphatic heterocycles. The molecule has 1 aromatic rings. The number of Topliss-reactive ketones (excluding diaryl/α,β-unsaturated/α-hetero) is 1. The molecule has 1 unspecified atom stereocenters. The fourth-order valence-corrected chi connectivity index (χ4v) is 2.52. The van der Waals surface area contributed by atoms with E-state index in [1.807, 2.05) is 12.1 Å². The van der Waals surface area contributed by atoms with Crippen LogP contribution in [0.3, 0.4) is 0 Å². The van der Waals surface area contributed by atoms with Crippen molar-refractivity contribution in [3.63, 3.8) is 0 Å². The van der Waals surface area contributed by atoms with Crippen LogP contribution in [0.5, 0.6) is 0 Å². The van der Waals surface area contributed by atoms with E-state index in [1.54, 1.807) is 0 Å². The van der Waals surface area contributed by atoms with Crippen molar-refractivity contribution >= 4 is 5.78 Å². The van der Waals surface area contributed by atoms with Crippen LogP contribution in [0, 0.1) is 6.92 Å². The van der Waals surface area contributed by atoms with E-state index in [4.69, 9.17) is 0 Å². The molecule has 2 rings (SSSR count). The molecule has 0 radical (unpaired) electrons. The van der Waals surface area contributed by atoms with E-state index < -0.39 is 0 Å². The number of carbonyl (C=O) groups excluding carboxylic acids is 1. The molecule has 1 aliphatic carbocycles. The Kier molecular flexibility index (Phi) is 4.25. The van der Waals surface area contributed by atoms with Crippen LogP contribution in [0.15, 0.2) is 18.2 Å². The van der Waals surface area contributed by atoms with Crippen LogP contribution < -0.4 is 6.15 Å². The first-order valence-electron chi connectivity index (χ1n) is 5.86. The lowest BCUT2D eigenvalue weighted by molar-refractivity contribution is 0.0966. The highest BCUT2D eigenvalue weighted by molar-refractivity contribution is 5.98. The lowest BCUT2D eigenvalue weighted by Crippen LogP contribution is -2.15. The molecule has 0 fully saturated rings. The second-order valence-electron chi connectivity index (χ2n) is 4.54. The SMILES string of the molecule is CCCC1CCC(=O)c2ccc(C)cc21.N. The van der Waals surface area contributed by atoms with Gasteiger partial charge in [-0.15, -0.1) is 0 Å². The molecular formula is C14H21NO. The van der Waals surface area contributed by atoms with Crippen LogP contribution in [-0.4, -0.2) is 5.78 Å². The quantitative estimate of drug-likeness (QED) is 0.816. The standard InChI is InChI=1S/C14H18O.H3N/c1-3-4-11-6-8-14(15)12-7-5-10(2)9-13(11)12;/h5,7,9,11H,3-4,6,8H2,1-2H3;1H3. The lowest BCUT2D eigenvalue weighted by atomic mass is 9.79. The maximum absolute atomic E-state index is 11.7. The summed E-state index contributed by atoms with van der Waals surface area (Å²) in [6, 6.07) is 6.26. The van der Waals surface area contributed by atoms with Crippen molar-refractivity contribution in [3.05, 3.63) is 34.9 Å². The van der Waals surface area contributed by atoms with Crippen LogP contribution in [0.25, 0.3) is 0 Å². The molecule has 0 aromatic heterocycles. The summed E-state index contributed by atoms with van der Waals surface area (Å²) < 4.78 is 0. The second kappa shape index (κ2) is 5.26. The zero-order chi connectivity index (χ0) is 10.8. The molecular weight excluding hydrogens is 198 g/mol. The summed E-state index contributed by atoms with van der Waals surface area (Å²) in [5.74, 6) is 0.944. The van der Waals surface area contributed by atoms with E-state index in [1.165, 1.54) is 24.0 Å². The van der Waals surface area contributed by atoms with E-state index in [-0.39, 0.29) is 6.15 Å². The van der Waals surface area contributed by atoms with Gasteiger partial charge in [0.15, 0.2) is 5.78 Å². The summed E-state index contributed by atoms with van der Waals surface area (Å²) in [6.07, 6.45) is 4.19. The Morgan fingerprint density at radius 3 is 2.81 bits per heavy atom. The van der Waals surface area contributed by atoms with Crippen molar-refractivity contribution in [1.29, 1.82) is 0 Å². The Morgan fingerprint density at radius 1 is 1.38 bits per heavy atom. The predicted molar refractivity (Wildman–Crippen MR) is 67.4 cm³/mol.